The molecular formula is C14H19N3O2. The molecule has 1 aromatic heterocycles. The Labute approximate surface area is 112 Å². The molecule has 0 spiro atoms. The van der Waals surface area contributed by atoms with E-state index < -0.39 is 0 Å². The molecule has 1 aromatic rings. The predicted molar refractivity (Wildman–Crippen MR) is 71.0 cm³/mol. The lowest BCUT2D eigenvalue weighted by atomic mass is 9.97. The summed E-state index contributed by atoms with van der Waals surface area (Å²) in [4.78, 5) is 18.4. The molecule has 0 aromatic carbocycles. The van der Waals surface area contributed by atoms with Gasteiger partial charge in [0.25, 0.3) is 5.91 Å². The topological polar surface area (TPSA) is 65.5 Å². The lowest BCUT2D eigenvalue weighted by molar-refractivity contribution is 0.0893. The fraction of sp³-hybridized carbons (Fsp3) is 0.571. The van der Waals surface area contributed by atoms with E-state index in [4.69, 9.17) is 0 Å². The van der Waals surface area contributed by atoms with Crippen LogP contribution >= 0.6 is 0 Å². The smallest absolute Gasteiger partial charge is 0.255 e. The largest absolute Gasteiger partial charge is 0.505 e. The minimum absolute atomic E-state index is 0.0571. The number of nitrogens with one attached hydrogen (secondary N) is 1. The van der Waals surface area contributed by atoms with Crippen LogP contribution < -0.4 is 5.32 Å². The number of amides is 1. The van der Waals surface area contributed by atoms with Crippen molar-refractivity contribution in [1.82, 2.24) is 15.2 Å². The lowest BCUT2D eigenvalue weighted by Crippen LogP contribution is -2.47. The van der Waals surface area contributed by atoms with Crippen LogP contribution in [-0.2, 0) is 0 Å². The van der Waals surface area contributed by atoms with Gasteiger partial charge in [0.1, 0.15) is 5.75 Å². The van der Waals surface area contributed by atoms with Crippen LogP contribution in [0.4, 0.5) is 0 Å². The van der Waals surface area contributed by atoms with Gasteiger partial charge < -0.3 is 15.3 Å². The van der Waals surface area contributed by atoms with Gasteiger partial charge >= 0.3 is 0 Å². The Balaban J connectivity index is 1.62. The van der Waals surface area contributed by atoms with Crippen molar-refractivity contribution < 1.29 is 9.90 Å². The summed E-state index contributed by atoms with van der Waals surface area (Å²) in [6.07, 6.45) is 7.36. The molecule has 102 valence electrons. The molecule has 0 radical (unpaired) electrons. The Morgan fingerprint density at radius 3 is 3.16 bits per heavy atom. The first-order valence-corrected chi connectivity index (χ1v) is 6.92. The summed E-state index contributed by atoms with van der Waals surface area (Å²) < 4.78 is 0. The first-order chi connectivity index (χ1) is 9.24. The summed E-state index contributed by atoms with van der Waals surface area (Å²) in [7, 11) is 0. The zero-order valence-corrected chi connectivity index (χ0v) is 10.9. The Hall–Kier alpha value is -1.62. The summed E-state index contributed by atoms with van der Waals surface area (Å²) in [6, 6.07) is 2.40. The van der Waals surface area contributed by atoms with E-state index in [1.54, 1.807) is 6.07 Å². The molecule has 0 saturated carbocycles. The van der Waals surface area contributed by atoms with Gasteiger partial charge in [-0.15, -0.1) is 0 Å². The molecule has 5 heteroatoms. The normalized spacial score (nSPS) is 26.9. The highest BCUT2D eigenvalue weighted by atomic mass is 16.3. The fourth-order valence-corrected chi connectivity index (χ4v) is 3.20. The van der Waals surface area contributed by atoms with Gasteiger partial charge in [-0.1, -0.05) is 0 Å². The molecule has 1 amide bonds. The standard InChI is InChI=1S/C14H19N3O2/c18-13-9-15-5-3-12(13)14(19)16-10-4-7-17-6-1-2-11(17)8-10/h3,5,9-11,18H,1-2,4,6-8H2,(H,16,19). The molecule has 2 aliphatic rings. The van der Waals surface area contributed by atoms with E-state index >= 15 is 0 Å². The third-order valence-corrected chi connectivity index (χ3v) is 4.20. The second-order valence-corrected chi connectivity index (χ2v) is 5.42. The van der Waals surface area contributed by atoms with Crippen LogP contribution in [0, 0.1) is 0 Å². The summed E-state index contributed by atoms with van der Waals surface area (Å²) in [5.41, 5.74) is 0.309. The molecular weight excluding hydrogens is 242 g/mol. The van der Waals surface area contributed by atoms with Crippen LogP contribution in [0.25, 0.3) is 0 Å². The Morgan fingerprint density at radius 2 is 2.32 bits per heavy atom. The molecule has 0 aliphatic carbocycles. The van der Waals surface area contributed by atoms with E-state index in [1.165, 1.54) is 31.8 Å². The van der Waals surface area contributed by atoms with Crippen LogP contribution in [0.2, 0.25) is 0 Å². The lowest BCUT2D eigenvalue weighted by Gasteiger charge is -2.35. The number of hydrogen-bond acceptors (Lipinski definition) is 4. The van der Waals surface area contributed by atoms with Gasteiger partial charge in [0.15, 0.2) is 0 Å². The van der Waals surface area contributed by atoms with E-state index in [9.17, 15) is 9.90 Å². The van der Waals surface area contributed by atoms with E-state index in [-0.39, 0.29) is 17.7 Å². The molecule has 2 unspecified atom stereocenters. The molecule has 2 saturated heterocycles. The van der Waals surface area contributed by atoms with Gasteiger partial charge in [0, 0.05) is 24.8 Å². The molecule has 3 heterocycles. The third kappa shape index (κ3) is 2.56. The van der Waals surface area contributed by atoms with Crippen molar-refractivity contribution in [2.45, 2.75) is 37.8 Å². The summed E-state index contributed by atoms with van der Waals surface area (Å²) in [5, 5.41) is 12.7. The SMILES string of the molecule is O=C(NC1CCN2CCCC2C1)c1ccncc1O. The predicted octanol–water partition coefficient (Wildman–Crippen LogP) is 1.14. The maximum atomic E-state index is 12.1. The summed E-state index contributed by atoms with van der Waals surface area (Å²) in [5.74, 6) is -0.255. The first kappa shape index (κ1) is 12.4. The molecule has 2 fully saturated rings. The van der Waals surface area contributed by atoms with E-state index in [1.807, 2.05) is 0 Å². The van der Waals surface area contributed by atoms with Crippen LogP contribution in [0.15, 0.2) is 18.5 Å². The van der Waals surface area contributed by atoms with Crippen molar-refractivity contribution >= 4 is 5.91 Å². The molecule has 2 N–H and O–H groups in total. The maximum Gasteiger partial charge on any atom is 0.255 e. The zero-order valence-electron chi connectivity index (χ0n) is 10.9. The van der Waals surface area contributed by atoms with Gasteiger partial charge in [-0.3, -0.25) is 9.78 Å². The van der Waals surface area contributed by atoms with Gasteiger partial charge in [0.2, 0.25) is 0 Å². The van der Waals surface area contributed by atoms with E-state index in [0.29, 0.717) is 11.6 Å². The van der Waals surface area contributed by atoms with Gasteiger partial charge in [0.05, 0.1) is 11.8 Å². The fourth-order valence-electron chi connectivity index (χ4n) is 3.20. The monoisotopic (exact) mass is 261 g/mol. The number of carbonyl (C=O) groups excluding carboxylic acids is 1. The average molecular weight is 261 g/mol. The molecule has 3 rings (SSSR count). The van der Waals surface area contributed by atoms with Crippen molar-refractivity contribution in [2.24, 2.45) is 0 Å². The zero-order chi connectivity index (χ0) is 13.2. The number of rotatable bonds is 2. The van der Waals surface area contributed by atoms with Crippen molar-refractivity contribution in [3.8, 4) is 5.75 Å². The number of hydrogen-bond donors (Lipinski definition) is 2. The first-order valence-electron chi connectivity index (χ1n) is 6.92. The van der Waals surface area contributed by atoms with Crippen LogP contribution in [0.5, 0.6) is 5.75 Å². The second kappa shape index (κ2) is 5.17. The van der Waals surface area contributed by atoms with Crippen molar-refractivity contribution in [3.05, 3.63) is 24.0 Å². The minimum atomic E-state index is -0.198. The van der Waals surface area contributed by atoms with Crippen molar-refractivity contribution in [3.63, 3.8) is 0 Å². The van der Waals surface area contributed by atoms with Gasteiger partial charge in [-0.2, -0.15) is 0 Å². The Morgan fingerprint density at radius 1 is 1.42 bits per heavy atom. The highest BCUT2D eigenvalue weighted by Gasteiger charge is 2.32. The van der Waals surface area contributed by atoms with Crippen molar-refractivity contribution in [2.75, 3.05) is 13.1 Å². The maximum absolute atomic E-state index is 12.1. The molecule has 19 heavy (non-hydrogen) atoms. The second-order valence-electron chi connectivity index (χ2n) is 5.42. The quantitative estimate of drug-likeness (QED) is 0.838. The summed E-state index contributed by atoms with van der Waals surface area (Å²) in [6.45, 7) is 2.27. The van der Waals surface area contributed by atoms with Crippen LogP contribution in [-0.4, -0.2) is 46.1 Å². The van der Waals surface area contributed by atoms with Gasteiger partial charge in [-0.25, -0.2) is 0 Å². The van der Waals surface area contributed by atoms with Crippen LogP contribution in [0.1, 0.15) is 36.0 Å². The number of pyridine rings is 1. The third-order valence-electron chi connectivity index (χ3n) is 4.20. The molecule has 2 aliphatic heterocycles. The van der Waals surface area contributed by atoms with Gasteiger partial charge in [-0.05, 0) is 38.3 Å². The Bertz CT molecular complexity index is 478. The molecule has 0 bridgehead atoms. The molecule has 5 nitrogen and oxygen atoms in total. The number of fused-ring (bicyclic) bond motifs is 1. The number of piperidine rings is 1. The Kier molecular flexibility index (Phi) is 3.38. The number of aromatic nitrogens is 1. The highest BCUT2D eigenvalue weighted by Crippen LogP contribution is 2.27. The highest BCUT2D eigenvalue weighted by molar-refractivity contribution is 5.96. The minimum Gasteiger partial charge on any atom is -0.505 e. The van der Waals surface area contributed by atoms with Crippen LogP contribution in [0.3, 0.4) is 0 Å². The number of carbonyl (C=O) groups is 1. The van der Waals surface area contributed by atoms with E-state index in [2.05, 4.69) is 15.2 Å². The van der Waals surface area contributed by atoms with E-state index in [0.717, 1.165) is 19.4 Å². The number of nitrogens with zero attached hydrogens (tertiary/aromatic N) is 2. The molecule has 2 atom stereocenters. The van der Waals surface area contributed by atoms with Crippen molar-refractivity contribution in [1.29, 1.82) is 0 Å². The number of aromatic hydroxyl groups is 1. The average Bonchev–Trinajstić information content (AvgIpc) is 2.86. The summed E-state index contributed by atoms with van der Waals surface area (Å²) >= 11 is 0.